The minimum atomic E-state index is -0.520. The van der Waals surface area contributed by atoms with Gasteiger partial charge in [0.2, 0.25) is 5.76 Å². The summed E-state index contributed by atoms with van der Waals surface area (Å²) in [5.74, 6) is -0.213. The Morgan fingerprint density at radius 3 is 2.61 bits per heavy atom. The second-order valence-electron chi connectivity index (χ2n) is 6.48. The molecule has 0 aliphatic carbocycles. The Bertz CT molecular complexity index is 1110. The number of amides is 1. The highest BCUT2D eigenvalue weighted by Crippen LogP contribution is 2.38. The smallest absolute Gasteiger partial charge is 0.290 e. The highest BCUT2D eigenvalue weighted by molar-refractivity contribution is 7.98. The molecule has 7 heteroatoms. The summed E-state index contributed by atoms with van der Waals surface area (Å²) in [7, 11) is 1.58. The van der Waals surface area contributed by atoms with Crippen LogP contribution in [0.4, 0.5) is 0 Å². The monoisotopic (exact) mass is 415 g/mol. The predicted octanol–water partition coefficient (Wildman–Crippen LogP) is 4.36. The largest absolute Gasteiger partial charge is 0.450 e. The van der Waals surface area contributed by atoms with E-state index in [0.29, 0.717) is 34.7 Å². The number of benzene rings is 2. The molecule has 144 valence electrons. The number of carbonyl (C=O) groups is 1. The molecule has 0 fully saturated rings. The summed E-state index contributed by atoms with van der Waals surface area (Å²) in [4.78, 5) is 29.1. The van der Waals surface area contributed by atoms with Crippen LogP contribution in [0.2, 0.25) is 5.02 Å². The molecule has 0 saturated heterocycles. The van der Waals surface area contributed by atoms with E-state index in [1.807, 2.05) is 30.5 Å². The predicted molar refractivity (Wildman–Crippen MR) is 110 cm³/mol. The highest BCUT2D eigenvalue weighted by atomic mass is 35.5. The van der Waals surface area contributed by atoms with Crippen LogP contribution >= 0.6 is 23.4 Å². The Balaban J connectivity index is 1.94. The van der Waals surface area contributed by atoms with Crippen molar-refractivity contribution in [3.63, 3.8) is 0 Å². The Morgan fingerprint density at radius 1 is 1.18 bits per heavy atom. The SMILES string of the molecule is COCCN1C(=O)c2oc3ccc(Cl)cc3c(=O)c2C1c1ccc(SC)cc1. The Kier molecular flexibility index (Phi) is 5.19. The molecule has 2 aromatic carbocycles. The Labute approximate surface area is 171 Å². The van der Waals surface area contributed by atoms with Gasteiger partial charge in [0, 0.05) is 23.6 Å². The van der Waals surface area contributed by atoms with Crippen LogP contribution < -0.4 is 5.43 Å². The van der Waals surface area contributed by atoms with Crippen LogP contribution in [0.25, 0.3) is 11.0 Å². The third-order valence-corrected chi connectivity index (χ3v) is 5.87. The van der Waals surface area contributed by atoms with Crippen molar-refractivity contribution < 1.29 is 13.9 Å². The van der Waals surface area contributed by atoms with Crippen molar-refractivity contribution in [3.8, 4) is 0 Å². The lowest BCUT2D eigenvalue weighted by atomic mass is 9.98. The number of rotatable bonds is 5. The van der Waals surface area contributed by atoms with Gasteiger partial charge < -0.3 is 14.1 Å². The van der Waals surface area contributed by atoms with E-state index in [4.69, 9.17) is 20.8 Å². The van der Waals surface area contributed by atoms with Gasteiger partial charge in [-0.2, -0.15) is 0 Å². The minimum absolute atomic E-state index is 0.0925. The number of thioether (sulfide) groups is 1. The van der Waals surface area contributed by atoms with E-state index in [1.165, 1.54) is 0 Å². The van der Waals surface area contributed by atoms with Crippen molar-refractivity contribution in [2.24, 2.45) is 0 Å². The maximum Gasteiger partial charge on any atom is 0.290 e. The molecule has 1 amide bonds. The molecular weight excluding hydrogens is 398 g/mol. The second-order valence-corrected chi connectivity index (χ2v) is 7.80. The van der Waals surface area contributed by atoms with Crippen LogP contribution in [0.3, 0.4) is 0 Å². The number of hydrogen-bond acceptors (Lipinski definition) is 5. The molecule has 0 bridgehead atoms. The van der Waals surface area contributed by atoms with E-state index in [-0.39, 0.29) is 17.1 Å². The maximum absolute atomic E-state index is 13.3. The molecule has 1 aliphatic heterocycles. The fourth-order valence-corrected chi connectivity index (χ4v) is 4.13. The molecule has 3 aromatic rings. The first-order chi connectivity index (χ1) is 13.5. The molecule has 1 atom stereocenters. The molecular formula is C21H18ClNO4S. The number of hydrogen-bond donors (Lipinski definition) is 0. The molecule has 2 heterocycles. The number of ether oxygens (including phenoxy) is 1. The lowest BCUT2D eigenvalue weighted by molar-refractivity contribution is 0.0663. The molecule has 0 saturated carbocycles. The number of carbonyl (C=O) groups excluding carboxylic acids is 1. The van der Waals surface area contributed by atoms with Gasteiger partial charge in [-0.1, -0.05) is 23.7 Å². The highest BCUT2D eigenvalue weighted by Gasteiger charge is 2.42. The minimum Gasteiger partial charge on any atom is -0.450 e. The molecule has 28 heavy (non-hydrogen) atoms. The van der Waals surface area contributed by atoms with Crippen molar-refractivity contribution in [1.82, 2.24) is 4.90 Å². The van der Waals surface area contributed by atoms with Gasteiger partial charge in [0.15, 0.2) is 5.43 Å². The van der Waals surface area contributed by atoms with Gasteiger partial charge in [0.05, 0.1) is 23.6 Å². The van der Waals surface area contributed by atoms with E-state index < -0.39 is 6.04 Å². The fourth-order valence-electron chi connectivity index (χ4n) is 3.55. The summed E-state index contributed by atoms with van der Waals surface area (Å²) >= 11 is 7.71. The lowest BCUT2D eigenvalue weighted by Crippen LogP contribution is -2.32. The zero-order valence-electron chi connectivity index (χ0n) is 15.4. The van der Waals surface area contributed by atoms with Crippen molar-refractivity contribution >= 4 is 40.2 Å². The number of halogens is 1. The summed E-state index contributed by atoms with van der Waals surface area (Å²) in [6.07, 6.45) is 2.00. The van der Waals surface area contributed by atoms with Crippen LogP contribution in [-0.4, -0.2) is 37.3 Å². The second kappa shape index (κ2) is 7.62. The van der Waals surface area contributed by atoms with Crippen molar-refractivity contribution in [2.75, 3.05) is 26.5 Å². The average molecular weight is 416 g/mol. The quantitative estimate of drug-likeness (QED) is 0.579. The first-order valence-corrected chi connectivity index (χ1v) is 10.4. The van der Waals surface area contributed by atoms with E-state index in [0.717, 1.165) is 10.5 Å². The summed E-state index contributed by atoms with van der Waals surface area (Å²) in [6, 6.07) is 12.2. The maximum atomic E-state index is 13.3. The van der Waals surface area contributed by atoms with Crippen molar-refractivity contribution in [3.05, 3.63) is 74.6 Å². The average Bonchev–Trinajstić information content (AvgIpc) is 2.99. The van der Waals surface area contributed by atoms with Crippen LogP contribution in [-0.2, 0) is 4.74 Å². The van der Waals surface area contributed by atoms with Crippen LogP contribution in [0.5, 0.6) is 0 Å². The molecule has 0 spiro atoms. The van der Waals surface area contributed by atoms with E-state index >= 15 is 0 Å². The third kappa shape index (κ3) is 3.11. The van der Waals surface area contributed by atoms with E-state index in [2.05, 4.69) is 0 Å². The standard InChI is InChI=1S/C21H18ClNO4S/c1-26-10-9-23-18(12-3-6-14(28-2)7-4-12)17-19(24)15-11-13(22)5-8-16(15)27-20(17)21(23)25/h3-8,11,18H,9-10H2,1-2H3. The zero-order chi connectivity index (χ0) is 19.8. The Hall–Kier alpha value is -2.28. The lowest BCUT2D eigenvalue weighted by Gasteiger charge is -2.24. The normalized spacial score (nSPS) is 16.0. The Morgan fingerprint density at radius 2 is 1.93 bits per heavy atom. The number of fused-ring (bicyclic) bond motifs is 2. The fraction of sp³-hybridized carbons (Fsp3) is 0.238. The van der Waals surface area contributed by atoms with Crippen molar-refractivity contribution in [1.29, 1.82) is 0 Å². The number of nitrogens with zero attached hydrogens (tertiary/aromatic N) is 1. The molecule has 0 radical (unpaired) electrons. The summed E-state index contributed by atoms with van der Waals surface area (Å²) < 4.78 is 11.0. The van der Waals surface area contributed by atoms with Gasteiger partial charge in [-0.15, -0.1) is 11.8 Å². The first kappa shape index (κ1) is 19.1. The van der Waals surface area contributed by atoms with E-state index in [1.54, 1.807) is 42.0 Å². The van der Waals surface area contributed by atoms with Gasteiger partial charge >= 0.3 is 0 Å². The van der Waals surface area contributed by atoms with Gasteiger partial charge in [-0.05, 0) is 42.2 Å². The van der Waals surface area contributed by atoms with Gasteiger partial charge in [0.25, 0.3) is 5.91 Å². The van der Waals surface area contributed by atoms with E-state index in [9.17, 15) is 9.59 Å². The molecule has 5 nitrogen and oxygen atoms in total. The van der Waals surface area contributed by atoms with Crippen LogP contribution in [0, 0.1) is 0 Å². The van der Waals surface area contributed by atoms with Gasteiger partial charge in [-0.3, -0.25) is 9.59 Å². The molecule has 1 unspecified atom stereocenters. The molecule has 1 aromatic heterocycles. The summed E-state index contributed by atoms with van der Waals surface area (Å²) in [6.45, 7) is 0.712. The summed E-state index contributed by atoms with van der Waals surface area (Å²) in [5, 5.41) is 0.819. The van der Waals surface area contributed by atoms with Gasteiger partial charge in [0.1, 0.15) is 5.58 Å². The van der Waals surface area contributed by atoms with Gasteiger partial charge in [-0.25, -0.2) is 0 Å². The number of methoxy groups -OCH3 is 1. The molecule has 0 N–H and O–H groups in total. The molecule has 1 aliphatic rings. The zero-order valence-corrected chi connectivity index (χ0v) is 17.0. The topological polar surface area (TPSA) is 59.8 Å². The van der Waals surface area contributed by atoms with Crippen LogP contribution in [0.15, 0.2) is 56.6 Å². The van der Waals surface area contributed by atoms with Crippen LogP contribution in [0.1, 0.15) is 27.7 Å². The summed E-state index contributed by atoms with van der Waals surface area (Å²) in [5.41, 5.74) is 1.33. The van der Waals surface area contributed by atoms with Crippen molar-refractivity contribution in [2.45, 2.75) is 10.9 Å². The first-order valence-electron chi connectivity index (χ1n) is 8.75. The third-order valence-electron chi connectivity index (χ3n) is 4.90. The molecule has 4 rings (SSSR count).